The Hall–Kier alpha value is -3.94. The van der Waals surface area contributed by atoms with Crippen molar-refractivity contribution in [2.45, 2.75) is 19.6 Å². The summed E-state index contributed by atoms with van der Waals surface area (Å²) in [6.45, 7) is 1.63. The number of rotatable bonds is 7. The van der Waals surface area contributed by atoms with Crippen molar-refractivity contribution in [2.24, 2.45) is 0 Å². The quantitative estimate of drug-likeness (QED) is 0.564. The van der Waals surface area contributed by atoms with E-state index in [0.717, 1.165) is 5.56 Å². The smallest absolute Gasteiger partial charge is 0.279 e. The molecule has 0 heterocycles. The summed E-state index contributed by atoms with van der Waals surface area (Å²) in [5.74, 6) is -1.79. The van der Waals surface area contributed by atoms with Gasteiger partial charge in [0, 0.05) is 5.56 Å². The summed E-state index contributed by atoms with van der Waals surface area (Å²) in [4.78, 5) is 24.4. The van der Waals surface area contributed by atoms with Crippen molar-refractivity contribution in [3.8, 4) is 11.5 Å². The topological polar surface area (TPSA) is 76.7 Å². The van der Waals surface area contributed by atoms with Crippen molar-refractivity contribution in [3.63, 3.8) is 0 Å². The average molecular weight is 426 g/mol. The molecule has 160 valence electrons. The minimum absolute atomic E-state index is 0.0671. The van der Waals surface area contributed by atoms with Gasteiger partial charge in [-0.25, -0.2) is 8.78 Å². The highest BCUT2D eigenvalue weighted by Crippen LogP contribution is 2.17. The second kappa shape index (κ2) is 10.2. The first-order valence-corrected chi connectivity index (χ1v) is 9.41. The Morgan fingerprint density at radius 1 is 0.935 bits per heavy atom. The zero-order valence-electron chi connectivity index (χ0n) is 16.6. The molecule has 0 saturated heterocycles. The van der Waals surface area contributed by atoms with Crippen molar-refractivity contribution >= 4 is 11.8 Å². The summed E-state index contributed by atoms with van der Waals surface area (Å²) in [5, 5.41) is 0. The third kappa shape index (κ3) is 6.27. The Kier molecular flexibility index (Phi) is 7.16. The van der Waals surface area contributed by atoms with Gasteiger partial charge in [-0.2, -0.15) is 0 Å². The lowest BCUT2D eigenvalue weighted by Crippen LogP contribution is -2.47. The van der Waals surface area contributed by atoms with Crippen molar-refractivity contribution in [1.29, 1.82) is 0 Å². The Morgan fingerprint density at radius 3 is 2.42 bits per heavy atom. The van der Waals surface area contributed by atoms with Crippen LogP contribution in [0, 0.1) is 11.6 Å². The standard InChI is InChI=1S/C23H20F2N2O4/c1-15(31-21-8-3-2-7-20(21)25)22(28)26-27-23(29)17-5-4-6-19(13-17)30-14-16-9-11-18(24)12-10-16/h2-13,15H,14H2,1H3,(H,26,28)(H,27,29). The zero-order chi connectivity index (χ0) is 22.2. The highest BCUT2D eigenvalue weighted by Gasteiger charge is 2.17. The zero-order valence-corrected chi connectivity index (χ0v) is 16.6. The predicted octanol–water partition coefficient (Wildman–Crippen LogP) is 3.77. The van der Waals surface area contributed by atoms with Crippen molar-refractivity contribution in [2.75, 3.05) is 0 Å². The van der Waals surface area contributed by atoms with Crippen molar-refractivity contribution < 1.29 is 27.8 Å². The van der Waals surface area contributed by atoms with Gasteiger partial charge in [0.1, 0.15) is 18.2 Å². The number of halogens is 2. The fourth-order valence-corrected chi connectivity index (χ4v) is 2.55. The Morgan fingerprint density at radius 2 is 1.68 bits per heavy atom. The van der Waals surface area contributed by atoms with Crippen molar-refractivity contribution in [3.05, 3.63) is 95.6 Å². The lowest BCUT2D eigenvalue weighted by Gasteiger charge is -2.15. The third-order valence-corrected chi connectivity index (χ3v) is 4.22. The highest BCUT2D eigenvalue weighted by atomic mass is 19.1. The molecule has 8 heteroatoms. The molecule has 1 unspecified atom stereocenters. The molecule has 3 rings (SSSR count). The van der Waals surface area contributed by atoms with Crippen LogP contribution in [0.25, 0.3) is 0 Å². The molecule has 0 saturated carbocycles. The van der Waals surface area contributed by atoms with Gasteiger partial charge in [-0.3, -0.25) is 20.4 Å². The molecule has 0 aliphatic heterocycles. The minimum atomic E-state index is -1.04. The van der Waals surface area contributed by atoms with Gasteiger partial charge >= 0.3 is 0 Å². The van der Waals surface area contributed by atoms with E-state index >= 15 is 0 Å². The summed E-state index contributed by atoms with van der Waals surface area (Å²) in [6.07, 6.45) is -1.04. The number of hydrogen-bond acceptors (Lipinski definition) is 4. The number of amides is 2. The molecule has 0 aliphatic carbocycles. The predicted molar refractivity (Wildman–Crippen MR) is 109 cm³/mol. The molecule has 3 aromatic carbocycles. The fourth-order valence-electron chi connectivity index (χ4n) is 2.55. The molecular weight excluding hydrogens is 406 g/mol. The molecule has 1 atom stereocenters. The summed E-state index contributed by atoms with van der Waals surface area (Å²) < 4.78 is 37.5. The van der Waals surface area contributed by atoms with Crippen LogP contribution < -0.4 is 20.3 Å². The summed E-state index contributed by atoms with van der Waals surface area (Å²) in [5.41, 5.74) is 5.54. The van der Waals surface area contributed by atoms with Gasteiger partial charge in [-0.15, -0.1) is 0 Å². The molecule has 0 radical (unpaired) electrons. The van der Waals surface area contributed by atoms with Crippen LogP contribution in [0.4, 0.5) is 8.78 Å². The van der Waals surface area contributed by atoms with E-state index in [0.29, 0.717) is 5.75 Å². The second-order valence-electron chi connectivity index (χ2n) is 6.58. The summed E-state index contributed by atoms with van der Waals surface area (Å²) in [7, 11) is 0. The summed E-state index contributed by atoms with van der Waals surface area (Å²) in [6, 6.07) is 17.9. The van der Waals surface area contributed by atoms with Crippen LogP contribution in [0.15, 0.2) is 72.8 Å². The lowest BCUT2D eigenvalue weighted by molar-refractivity contribution is -0.128. The molecule has 2 amide bonds. The first kappa shape index (κ1) is 21.8. The largest absolute Gasteiger partial charge is 0.489 e. The monoisotopic (exact) mass is 426 g/mol. The van der Waals surface area contributed by atoms with Gasteiger partial charge in [0.25, 0.3) is 11.8 Å². The van der Waals surface area contributed by atoms with E-state index in [1.54, 1.807) is 36.4 Å². The van der Waals surface area contributed by atoms with Gasteiger partial charge in [0.2, 0.25) is 0 Å². The van der Waals surface area contributed by atoms with E-state index in [2.05, 4.69) is 10.9 Å². The average Bonchev–Trinajstić information content (AvgIpc) is 2.78. The van der Waals surface area contributed by atoms with Crippen LogP contribution in [0.5, 0.6) is 11.5 Å². The number of para-hydroxylation sites is 1. The maximum Gasteiger partial charge on any atom is 0.279 e. The van der Waals surface area contributed by atoms with Crippen LogP contribution in [-0.4, -0.2) is 17.9 Å². The van der Waals surface area contributed by atoms with Crippen LogP contribution in [0.1, 0.15) is 22.8 Å². The minimum Gasteiger partial charge on any atom is -0.489 e. The van der Waals surface area contributed by atoms with Crippen LogP contribution in [0.3, 0.4) is 0 Å². The molecule has 6 nitrogen and oxygen atoms in total. The number of nitrogens with one attached hydrogen (secondary N) is 2. The van der Waals surface area contributed by atoms with E-state index < -0.39 is 23.7 Å². The number of hydrogen-bond donors (Lipinski definition) is 2. The third-order valence-electron chi connectivity index (χ3n) is 4.22. The van der Waals surface area contributed by atoms with Gasteiger partial charge in [-0.1, -0.05) is 30.3 Å². The molecule has 3 aromatic rings. The Bertz CT molecular complexity index is 1060. The van der Waals surface area contributed by atoms with E-state index in [4.69, 9.17) is 9.47 Å². The van der Waals surface area contributed by atoms with Gasteiger partial charge in [0.15, 0.2) is 17.7 Å². The molecule has 0 spiro atoms. The molecular formula is C23H20F2N2O4. The number of benzene rings is 3. The SMILES string of the molecule is CC(Oc1ccccc1F)C(=O)NNC(=O)c1cccc(OCc2ccc(F)cc2)c1. The molecule has 31 heavy (non-hydrogen) atoms. The van der Waals surface area contributed by atoms with Gasteiger partial charge < -0.3 is 9.47 Å². The summed E-state index contributed by atoms with van der Waals surface area (Å²) >= 11 is 0. The van der Waals surface area contributed by atoms with E-state index in [-0.39, 0.29) is 23.7 Å². The Balaban J connectivity index is 1.51. The number of hydrazine groups is 1. The fraction of sp³-hybridized carbons (Fsp3) is 0.130. The van der Waals surface area contributed by atoms with E-state index in [1.165, 1.54) is 43.3 Å². The van der Waals surface area contributed by atoms with E-state index in [1.807, 2.05) is 0 Å². The molecule has 0 aromatic heterocycles. The molecule has 0 bridgehead atoms. The lowest BCUT2D eigenvalue weighted by atomic mass is 10.2. The van der Waals surface area contributed by atoms with Crippen LogP contribution in [-0.2, 0) is 11.4 Å². The maximum atomic E-state index is 13.6. The maximum absolute atomic E-state index is 13.6. The Labute approximate surface area is 177 Å². The van der Waals surface area contributed by atoms with Gasteiger partial charge in [-0.05, 0) is 55.0 Å². The molecule has 0 aliphatic rings. The first-order chi connectivity index (χ1) is 14.9. The highest BCUT2D eigenvalue weighted by molar-refractivity contribution is 5.96. The number of ether oxygens (including phenoxy) is 2. The number of carbonyl (C=O) groups is 2. The van der Waals surface area contributed by atoms with Crippen LogP contribution >= 0.6 is 0 Å². The normalized spacial score (nSPS) is 11.3. The van der Waals surface area contributed by atoms with Gasteiger partial charge in [0.05, 0.1) is 0 Å². The molecule has 2 N–H and O–H groups in total. The van der Waals surface area contributed by atoms with Crippen molar-refractivity contribution in [1.82, 2.24) is 10.9 Å². The first-order valence-electron chi connectivity index (χ1n) is 9.41. The molecule has 0 fully saturated rings. The van der Waals surface area contributed by atoms with Crippen LogP contribution in [0.2, 0.25) is 0 Å². The second-order valence-corrected chi connectivity index (χ2v) is 6.58. The number of carbonyl (C=O) groups excluding carboxylic acids is 2. The van der Waals surface area contributed by atoms with E-state index in [9.17, 15) is 18.4 Å².